The maximum Gasteiger partial charge on any atom is 0.166 e. The van der Waals surface area contributed by atoms with Gasteiger partial charge in [-0.1, -0.05) is 30.4 Å². The number of rotatable bonds is 3. The standard InChI is InChI=1S/C12H15NO/c1-3-4-5-6-11-7-8-12(10-14)13(2)9-11/h3-8,10H,9H2,1-2H3/b4-3-,6-5-. The highest BCUT2D eigenvalue weighted by atomic mass is 16.1. The third kappa shape index (κ3) is 2.73. The van der Waals surface area contributed by atoms with Crippen LogP contribution in [-0.2, 0) is 4.79 Å². The van der Waals surface area contributed by atoms with Gasteiger partial charge in [0.2, 0.25) is 0 Å². The van der Waals surface area contributed by atoms with Gasteiger partial charge in [0.05, 0.1) is 5.70 Å². The molecule has 2 heteroatoms. The average Bonchev–Trinajstić information content (AvgIpc) is 2.18. The van der Waals surface area contributed by atoms with Crippen molar-refractivity contribution in [1.82, 2.24) is 4.90 Å². The number of hydrogen-bond donors (Lipinski definition) is 0. The van der Waals surface area contributed by atoms with E-state index >= 15 is 0 Å². The third-order valence-corrected chi connectivity index (χ3v) is 2.06. The molecule has 0 aromatic rings. The maximum absolute atomic E-state index is 10.6. The van der Waals surface area contributed by atoms with Crippen molar-refractivity contribution in [2.24, 2.45) is 0 Å². The molecular weight excluding hydrogens is 174 g/mol. The van der Waals surface area contributed by atoms with Gasteiger partial charge in [-0.25, -0.2) is 0 Å². The largest absolute Gasteiger partial charge is 0.368 e. The van der Waals surface area contributed by atoms with Crippen LogP contribution in [0.2, 0.25) is 0 Å². The molecule has 0 saturated heterocycles. The Bertz CT molecular complexity index is 321. The van der Waals surface area contributed by atoms with Crippen molar-refractivity contribution in [3.8, 4) is 0 Å². The molecule has 0 bridgehead atoms. The number of carbonyl (C=O) groups excluding carboxylic acids is 1. The highest BCUT2D eigenvalue weighted by Gasteiger charge is 2.07. The summed E-state index contributed by atoms with van der Waals surface area (Å²) in [6.45, 7) is 2.77. The first-order chi connectivity index (χ1) is 6.77. The van der Waals surface area contributed by atoms with Crippen molar-refractivity contribution in [3.05, 3.63) is 47.7 Å². The first-order valence-corrected chi connectivity index (χ1v) is 4.64. The Morgan fingerprint density at radius 3 is 2.71 bits per heavy atom. The third-order valence-electron chi connectivity index (χ3n) is 2.06. The van der Waals surface area contributed by atoms with E-state index in [2.05, 4.69) is 6.08 Å². The molecule has 1 aliphatic heterocycles. The molecule has 1 heterocycles. The minimum atomic E-state index is 0.730. The van der Waals surface area contributed by atoms with Gasteiger partial charge in [0.1, 0.15) is 0 Å². The summed E-state index contributed by atoms with van der Waals surface area (Å²) in [5, 5.41) is 0. The topological polar surface area (TPSA) is 20.3 Å². The van der Waals surface area contributed by atoms with Crippen molar-refractivity contribution in [1.29, 1.82) is 0 Å². The first kappa shape index (κ1) is 10.5. The molecule has 0 fully saturated rings. The SMILES string of the molecule is C/C=C\C=C/C1=CC=C(C=O)N(C)C1. The summed E-state index contributed by atoms with van der Waals surface area (Å²) >= 11 is 0. The van der Waals surface area contributed by atoms with E-state index in [4.69, 9.17) is 0 Å². The molecule has 0 spiro atoms. The molecule has 0 aromatic carbocycles. The zero-order chi connectivity index (χ0) is 10.4. The molecule has 2 nitrogen and oxygen atoms in total. The normalized spacial score (nSPS) is 17.4. The fourth-order valence-electron chi connectivity index (χ4n) is 1.27. The highest BCUT2D eigenvalue weighted by Crippen LogP contribution is 2.11. The van der Waals surface area contributed by atoms with Crippen molar-refractivity contribution in [2.75, 3.05) is 13.6 Å². The lowest BCUT2D eigenvalue weighted by Crippen LogP contribution is -2.23. The average molecular weight is 189 g/mol. The van der Waals surface area contributed by atoms with E-state index < -0.39 is 0 Å². The molecular formula is C12H15NO. The van der Waals surface area contributed by atoms with E-state index in [-0.39, 0.29) is 0 Å². The van der Waals surface area contributed by atoms with Gasteiger partial charge in [0.25, 0.3) is 0 Å². The van der Waals surface area contributed by atoms with Crippen LogP contribution in [0.1, 0.15) is 6.92 Å². The van der Waals surface area contributed by atoms with Crippen LogP contribution in [-0.4, -0.2) is 24.8 Å². The second-order valence-electron chi connectivity index (χ2n) is 3.19. The van der Waals surface area contributed by atoms with Crippen molar-refractivity contribution < 1.29 is 4.79 Å². The van der Waals surface area contributed by atoms with Gasteiger partial charge in [-0.05, 0) is 18.6 Å². The molecule has 1 aliphatic rings. The minimum Gasteiger partial charge on any atom is -0.368 e. The van der Waals surface area contributed by atoms with Gasteiger partial charge in [-0.2, -0.15) is 0 Å². The maximum atomic E-state index is 10.6. The molecule has 0 aromatic heterocycles. The lowest BCUT2D eigenvalue weighted by Gasteiger charge is -2.22. The van der Waals surface area contributed by atoms with Gasteiger partial charge in [0, 0.05) is 13.6 Å². The summed E-state index contributed by atoms with van der Waals surface area (Å²) < 4.78 is 0. The van der Waals surface area contributed by atoms with E-state index in [1.54, 1.807) is 0 Å². The lowest BCUT2D eigenvalue weighted by molar-refractivity contribution is -0.106. The summed E-state index contributed by atoms with van der Waals surface area (Å²) in [6.07, 6.45) is 12.7. The summed E-state index contributed by atoms with van der Waals surface area (Å²) in [4.78, 5) is 12.5. The van der Waals surface area contributed by atoms with E-state index in [1.807, 2.05) is 49.3 Å². The molecule has 1 rings (SSSR count). The molecule has 74 valence electrons. The number of aldehydes is 1. The molecule has 0 N–H and O–H groups in total. The number of hydrogen-bond acceptors (Lipinski definition) is 2. The molecule has 0 atom stereocenters. The van der Waals surface area contributed by atoms with Gasteiger partial charge in [0.15, 0.2) is 6.29 Å². The van der Waals surface area contributed by atoms with Gasteiger partial charge in [-0.15, -0.1) is 0 Å². The Morgan fingerprint density at radius 1 is 1.36 bits per heavy atom. The molecule has 0 saturated carbocycles. The number of nitrogens with zero attached hydrogens (tertiary/aromatic N) is 1. The van der Waals surface area contributed by atoms with Crippen molar-refractivity contribution in [2.45, 2.75) is 6.92 Å². The van der Waals surface area contributed by atoms with E-state index in [9.17, 15) is 4.79 Å². The summed E-state index contributed by atoms with van der Waals surface area (Å²) in [5.74, 6) is 0. The fraction of sp³-hybridized carbons (Fsp3) is 0.250. The van der Waals surface area contributed by atoms with Crippen LogP contribution in [0.3, 0.4) is 0 Å². The summed E-state index contributed by atoms with van der Waals surface area (Å²) in [6, 6.07) is 0. The fourth-order valence-corrected chi connectivity index (χ4v) is 1.27. The Hall–Kier alpha value is -1.57. The predicted octanol–water partition coefficient (Wildman–Crippen LogP) is 2.07. The zero-order valence-electron chi connectivity index (χ0n) is 8.60. The Morgan fingerprint density at radius 2 is 2.14 bits per heavy atom. The number of carbonyl (C=O) groups is 1. The molecule has 14 heavy (non-hydrogen) atoms. The molecule has 0 aliphatic carbocycles. The quantitative estimate of drug-likeness (QED) is 0.500. The van der Waals surface area contributed by atoms with Crippen LogP contribution in [0, 0.1) is 0 Å². The lowest BCUT2D eigenvalue weighted by atomic mass is 10.1. The Balaban J connectivity index is 2.70. The molecule has 0 radical (unpaired) electrons. The second kappa shape index (κ2) is 5.22. The Labute approximate surface area is 84.9 Å². The van der Waals surface area contributed by atoms with Crippen LogP contribution in [0.4, 0.5) is 0 Å². The Kier molecular flexibility index (Phi) is 3.92. The monoisotopic (exact) mass is 189 g/mol. The molecule has 0 amide bonds. The van der Waals surface area contributed by atoms with Gasteiger partial charge < -0.3 is 4.90 Å². The van der Waals surface area contributed by atoms with Crippen LogP contribution in [0.25, 0.3) is 0 Å². The van der Waals surface area contributed by atoms with Crippen molar-refractivity contribution >= 4 is 6.29 Å². The highest BCUT2D eigenvalue weighted by molar-refractivity contribution is 5.73. The van der Waals surface area contributed by atoms with Crippen LogP contribution < -0.4 is 0 Å². The van der Waals surface area contributed by atoms with E-state index in [1.165, 1.54) is 5.57 Å². The summed E-state index contributed by atoms with van der Waals surface area (Å²) in [5.41, 5.74) is 1.93. The van der Waals surface area contributed by atoms with Gasteiger partial charge in [-0.3, -0.25) is 4.79 Å². The van der Waals surface area contributed by atoms with E-state index in [0.29, 0.717) is 0 Å². The van der Waals surface area contributed by atoms with E-state index in [0.717, 1.165) is 18.5 Å². The number of likely N-dealkylation sites (N-methyl/N-ethyl adjacent to an activating group) is 1. The van der Waals surface area contributed by atoms with Crippen molar-refractivity contribution in [3.63, 3.8) is 0 Å². The first-order valence-electron chi connectivity index (χ1n) is 4.64. The smallest absolute Gasteiger partial charge is 0.166 e. The van der Waals surface area contributed by atoms with Crippen LogP contribution >= 0.6 is 0 Å². The zero-order valence-corrected chi connectivity index (χ0v) is 8.60. The van der Waals surface area contributed by atoms with Crippen LogP contribution in [0.5, 0.6) is 0 Å². The number of allylic oxidation sites excluding steroid dienone is 6. The second-order valence-corrected chi connectivity index (χ2v) is 3.19. The summed E-state index contributed by atoms with van der Waals surface area (Å²) in [7, 11) is 1.91. The van der Waals surface area contributed by atoms with Crippen LogP contribution in [0.15, 0.2) is 47.7 Å². The molecule has 0 unspecified atom stereocenters. The minimum absolute atomic E-state index is 0.730. The van der Waals surface area contributed by atoms with Gasteiger partial charge >= 0.3 is 0 Å². The predicted molar refractivity (Wildman–Crippen MR) is 58.8 cm³/mol.